The maximum Gasteiger partial charge on any atom is 0.220 e. The van der Waals surface area contributed by atoms with Crippen LogP contribution in [0.15, 0.2) is 0 Å². The molecule has 0 radical (unpaired) electrons. The van der Waals surface area contributed by atoms with Crippen LogP contribution in [0.2, 0.25) is 0 Å². The van der Waals surface area contributed by atoms with Gasteiger partial charge in [0, 0.05) is 7.11 Å². The molecule has 94 valence electrons. The largest absolute Gasteiger partial charge is 0.380 e. The second kappa shape index (κ2) is 3.21. The number of piperidine rings is 1. The SMILES string of the molecule is CO[C@@H]1CC[C@@]2(C)[C@@H]1N2S(=O)(=O)C(C)(C)C. The molecule has 1 saturated heterocycles. The van der Waals surface area contributed by atoms with Gasteiger partial charge in [-0.05, 0) is 40.5 Å². The molecule has 0 aromatic rings. The molecule has 1 aliphatic carbocycles. The summed E-state index contributed by atoms with van der Waals surface area (Å²) in [6.07, 6.45) is 1.95. The predicted molar refractivity (Wildman–Crippen MR) is 62.7 cm³/mol. The highest BCUT2D eigenvalue weighted by atomic mass is 32.2. The summed E-state index contributed by atoms with van der Waals surface area (Å²) < 4.78 is 31.0. The molecule has 0 aromatic carbocycles. The van der Waals surface area contributed by atoms with E-state index in [0.717, 1.165) is 12.8 Å². The highest BCUT2D eigenvalue weighted by molar-refractivity contribution is 7.90. The molecule has 1 unspecified atom stereocenters. The number of methoxy groups -OCH3 is 1. The summed E-state index contributed by atoms with van der Waals surface area (Å²) >= 11 is 0. The predicted octanol–water partition coefficient (Wildman–Crippen LogP) is 1.37. The molecular weight excluding hydrogens is 226 g/mol. The highest BCUT2D eigenvalue weighted by Gasteiger charge is 2.72. The Morgan fingerprint density at radius 3 is 2.38 bits per heavy atom. The minimum absolute atomic E-state index is 0.0572. The first kappa shape index (κ1) is 12.3. The van der Waals surface area contributed by atoms with Crippen LogP contribution in [0.25, 0.3) is 0 Å². The third kappa shape index (κ3) is 1.38. The number of sulfonamides is 1. The second-order valence-corrected chi connectivity index (χ2v) is 8.60. The Hall–Kier alpha value is -0.130. The van der Waals surface area contributed by atoms with Crippen molar-refractivity contribution in [3.05, 3.63) is 0 Å². The molecule has 5 heteroatoms. The molecule has 4 atom stereocenters. The summed E-state index contributed by atoms with van der Waals surface area (Å²) in [4.78, 5) is 0. The van der Waals surface area contributed by atoms with Crippen LogP contribution in [0.4, 0.5) is 0 Å². The molecule has 2 rings (SSSR count). The molecule has 1 heterocycles. The number of fused-ring (bicyclic) bond motifs is 1. The minimum atomic E-state index is -3.21. The van der Waals surface area contributed by atoms with E-state index in [1.807, 2.05) is 6.92 Å². The van der Waals surface area contributed by atoms with E-state index in [9.17, 15) is 8.42 Å². The number of hydrogen-bond acceptors (Lipinski definition) is 3. The van der Waals surface area contributed by atoms with Crippen LogP contribution in [-0.4, -0.2) is 42.3 Å². The average Bonchev–Trinajstić information content (AvgIpc) is 2.61. The molecule has 2 fully saturated rings. The minimum Gasteiger partial charge on any atom is -0.380 e. The fourth-order valence-electron chi connectivity index (χ4n) is 2.79. The smallest absolute Gasteiger partial charge is 0.220 e. The zero-order valence-corrected chi connectivity index (χ0v) is 11.5. The zero-order chi connectivity index (χ0) is 12.4. The van der Waals surface area contributed by atoms with Gasteiger partial charge in [0.05, 0.1) is 22.4 Å². The van der Waals surface area contributed by atoms with Crippen molar-refractivity contribution in [2.45, 2.75) is 63.0 Å². The fourth-order valence-corrected chi connectivity index (χ4v) is 4.75. The van der Waals surface area contributed by atoms with Gasteiger partial charge in [-0.15, -0.1) is 0 Å². The van der Waals surface area contributed by atoms with Crippen LogP contribution >= 0.6 is 0 Å². The Balaban J connectivity index is 2.29. The summed E-state index contributed by atoms with van der Waals surface area (Å²) in [5.74, 6) is 0. The summed E-state index contributed by atoms with van der Waals surface area (Å²) in [6, 6.07) is 0.0572. The topological polar surface area (TPSA) is 46.4 Å². The maximum absolute atomic E-state index is 12.4. The van der Waals surface area contributed by atoms with Gasteiger partial charge >= 0.3 is 0 Å². The molecule has 1 saturated carbocycles. The van der Waals surface area contributed by atoms with Crippen molar-refractivity contribution in [2.24, 2.45) is 0 Å². The van der Waals surface area contributed by atoms with E-state index in [0.29, 0.717) is 0 Å². The lowest BCUT2D eigenvalue weighted by atomic mass is 10.1. The van der Waals surface area contributed by atoms with Crippen LogP contribution in [0.3, 0.4) is 0 Å². The van der Waals surface area contributed by atoms with Crippen LogP contribution in [0, 0.1) is 0 Å². The van der Waals surface area contributed by atoms with E-state index in [1.54, 1.807) is 32.2 Å². The van der Waals surface area contributed by atoms with Gasteiger partial charge in [-0.2, -0.15) is 4.31 Å². The van der Waals surface area contributed by atoms with E-state index in [2.05, 4.69) is 0 Å². The normalized spacial score (nSPS) is 43.2. The van der Waals surface area contributed by atoms with Crippen LogP contribution in [-0.2, 0) is 14.8 Å². The van der Waals surface area contributed by atoms with Crippen molar-refractivity contribution in [3.63, 3.8) is 0 Å². The lowest BCUT2D eigenvalue weighted by molar-refractivity contribution is 0.0960. The van der Waals surface area contributed by atoms with Gasteiger partial charge in [-0.3, -0.25) is 0 Å². The molecule has 0 spiro atoms. The van der Waals surface area contributed by atoms with Gasteiger partial charge in [0.2, 0.25) is 10.0 Å². The van der Waals surface area contributed by atoms with E-state index in [-0.39, 0.29) is 17.7 Å². The first-order valence-corrected chi connectivity index (χ1v) is 7.17. The standard InChI is InChI=1S/C11H21NO3S/c1-10(2,3)16(13,14)12-9-8(15-5)6-7-11(9,12)4/h8-9H,6-7H2,1-5H3/t8-,9-,11+,12?/m1/s1. The van der Waals surface area contributed by atoms with Crippen molar-refractivity contribution in [3.8, 4) is 0 Å². The Morgan fingerprint density at radius 1 is 1.38 bits per heavy atom. The Labute approximate surface area is 98.0 Å². The van der Waals surface area contributed by atoms with Crippen LogP contribution in [0.5, 0.6) is 0 Å². The molecule has 0 aromatic heterocycles. The number of rotatable bonds is 2. The van der Waals surface area contributed by atoms with Crippen LogP contribution in [0.1, 0.15) is 40.5 Å². The van der Waals surface area contributed by atoms with E-state index in [4.69, 9.17) is 4.74 Å². The summed E-state index contributed by atoms with van der Waals surface area (Å²) in [7, 11) is -1.55. The van der Waals surface area contributed by atoms with Gasteiger partial charge in [0.1, 0.15) is 0 Å². The number of hydrogen-bond donors (Lipinski definition) is 0. The zero-order valence-electron chi connectivity index (χ0n) is 10.6. The van der Waals surface area contributed by atoms with Crippen molar-refractivity contribution in [1.29, 1.82) is 0 Å². The third-order valence-corrected chi connectivity index (χ3v) is 6.66. The van der Waals surface area contributed by atoms with Crippen LogP contribution < -0.4 is 0 Å². The first-order valence-electron chi connectivity index (χ1n) is 5.73. The van der Waals surface area contributed by atoms with Gasteiger partial charge < -0.3 is 4.74 Å². The third-order valence-electron chi connectivity index (χ3n) is 3.95. The van der Waals surface area contributed by atoms with E-state index >= 15 is 0 Å². The van der Waals surface area contributed by atoms with Crippen molar-refractivity contribution in [2.75, 3.05) is 7.11 Å². The van der Waals surface area contributed by atoms with Crippen molar-refractivity contribution in [1.82, 2.24) is 4.31 Å². The number of nitrogens with zero attached hydrogens (tertiary/aromatic N) is 1. The van der Waals surface area contributed by atoms with Gasteiger partial charge in [0.15, 0.2) is 0 Å². The molecule has 0 bridgehead atoms. The van der Waals surface area contributed by atoms with Gasteiger partial charge in [-0.1, -0.05) is 0 Å². The summed E-state index contributed by atoms with van der Waals surface area (Å²) in [5.41, 5.74) is -0.188. The molecule has 2 aliphatic rings. The Bertz CT molecular complexity index is 398. The number of ether oxygens (including phenoxy) is 1. The molecule has 16 heavy (non-hydrogen) atoms. The highest BCUT2D eigenvalue weighted by Crippen LogP contribution is 2.57. The summed E-state index contributed by atoms with van der Waals surface area (Å²) in [5, 5.41) is 0. The molecule has 0 N–H and O–H groups in total. The summed E-state index contributed by atoms with van der Waals surface area (Å²) in [6.45, 7) is 7.28. The van der Waals surface area contributed by atoms with Crippen molar-refractivity contribution >= 4 is 10.0 Å². The Morgan fingerprint density at radius 2 is 1.94 bits per heavy atom. The monoisotopic (exact) mass is 247 g/mol. The first-order chi connectivity index (χ1) is 7.16. The molecule has 4 nitrogen and oxygen atoms in total. The molecule has 1 aliphatic heterocycles. The van der Waals surface area contributed by atoms with Gasteiger partial charge in [-0.25, -0.2) is 8.42 Å². The second-order valence-electron chi connectivity index (χ2n) is 6.03. The molecule has 0 amide bonds. The van der Waals surface area contributed by atoms with Crippen molar-refractivity contribution < 1.29 is 13.2 Å². The Kier molecular flexibility index (Phi) is 2.47. The van der Waals surface area contributed by atoms with Gasteiger partial charge in [0.25, 0.3) is 0 Å². The van der Waals surface area contributed by atoms with E-state index in [1.165, 1.54) is 0 Å². The lowest BCUT2D eigenvalue weighted by Crippen LogP contribution is -2.38. The fraction of sp³-hybridized carbons (Fsp3) is 1.00. The average molecular weight is 247 g/mol. The molecular formula is C11H21NO3S. The maximum atomic E-state index is 12.4. The lowest BCUT2D eigenvalue weighted by Gasteiger charge is -2.24. The van der Waals surface area contributed by atoms with E-state index < -0.39 is 14.8 Å². The quantitative estimate of drug-likeness (QED) is 0.692.